The average molecular weight is 445 g/mol. The van der Waals surface area contributed by atoms with Crippen LogP contribution in [-0.4, -0.2) is 49.0 Å². The number of benzene rings is 1. The van der Waals surface area contributed by atoms with Gasteiger partial charge in [0.1, 0.15) is 12.4 Å². The van der Waals surface area contributed by atoms with Crippen molar-refractivity contribution in [1.29, 1.82) is 0 Å². The number of hydrogen-bond donors (Lipinski definition) is 1. The highest BCUT2D eigenvalue weighted by atomic mass is 16.5. The highest BCUT2D eigenvalue weighted by molar-refractivity contribution is 5.94. The van der Waals surface area contributed by atoms with E-state index in [2.05, 4.69) is 5.32 Å². The molecule has 1 aromatic rings. The highest BCUT2D eigenvalue weighted by Crippen LogP contribution is 2.27. The third kappa shape index (κ3) is 7.84. The molecule has 1 aliphatic carbocycles. The Kier molecular flexibility index (Phi) is 9.38. The maximum absolute atomic E-state index is 12.8. The number of carbonyl (C=O) groups is 3. The van der Waals surface area contributed by atoms with Crippen LogP contribution in [0.3, 0.4) is 0 Å². The second-order valence-electron chi connectivity index (χ2n) is 8.86. The van der Waals surface area contributed by atoms with Crippen molar-refractivity contribution in [2.75, 3.05) is 31.6 Å². The van der Waals surface area contributed by atoms with E-state index in [4.69, 9.17) is 9.47 Å². The highest BCUT2D eigenvalue weighted by Gasteiger charge is 2.21. The number of rotatable bonds is 11. The van der Waals surface area contributed by atoms with Crippen LogP contribution < -0.4 is 10.1 Å². The van der Waals surface area contributed by atoms with Crippen molar-refractivity contribution in [2.24, 2.45) is 5.92 Å². The van der Waals surface area contributed by atoms with E-state index in [-0.39, 0.29) is 24.4 Å². The van der Waals surface area contributed by atoms with Crippen LogP contribution in [0.25, 0.3) is 0 Å². The van der Waals surface area contributed by atoms with Crippen molar-refractivity contribution in [3.05, 3.63) is 23.8 Å². The summed E-state index contributed by atoms with van der Waals surface area (Å²) in [6, 6.07) is 5.74. The van der Waals surface area contributed by atoms with Gasteiger partial charge in [-0.05, 0) is 61.8 Å². The fourth-order valence-corrected chi connectivity index (χ4v) is 4.47. The zero-order chi connectivity index (χ0) is 22.8. The normalized spacial score (nSPS) is 16.1. The third-order valence-corrected chi connectivity index (χ3v) is 6.25. The molecule has 1 saturated carbocycles. The van der Waals surface area contributed by atoms with E-state index < -0.39 is 0 Å². The van der Waals surface area contributed by atoms with Gasteiger partial charge in [-0.3, -0.25) is 14.4 Å². The first kappa shape index (κ1) is 24.1. The van der Waals surface area contributed by atoms with Crippen LogP contribution in [0.2, 0.25) is 0 Å². The fraction of sp³-hybridized carbons (Fsp3) is 0.640. The number of anilines is 1. The van der Waals surface area contributed by atoms with Crippen molar-refractivity contribution in [2.45, 2.75) is 71.1 Å². The number of unbranched alkanes of at least 4 members (excludes halogenated alkanes) is 1. The molecule has 1 heterocycles. The Hall–Kier alpha value is -2.57. The Labute approximate surface area is 190 Å². The summed E-state index contributed by atoms with van der Waals surface area (Å²) in [5.41, 5.74) is 1.97. The average Bonchev–Trinajstić information content (AvgIpc) is 2.78. The molecule has 0 radical (unpaired) electrons. The van der Waals surface area contributed by atoms with Gasteiger partial charge in [0.2, 0.25) is 11.8 Å². The summed E-state index contributed by atoms with van der Waals surface area (Å²) in [7, 11) is 0. The van der Waals surface area contributed by atoms with Crippen LogP contribution in [0, 0.1) is 5.92 Å². The van der Waals surface area contributed by atoms with Gasteiger partial charge in [0.05, 0.1) is 13.2 Å². The fourth-order valence-electron chi connectivity index (χ4n) is 4.47. The van der Waals surface area contributed by atoms with Gasteiger partial charge < -0.3 is 19.7 Å². The van der Waals surface area contributed by atoms with Crippen LogP contribution in [0.15, 0.2) is 18.2 Å². The lowest BCUT2D eigenvalue weighted by molar-refractivity contribution is -0.143. The lowest BCUT2D eigenvalue weighted by Crippen LogP contribution is -2.38. The van der Waals surface area contributed by atoms with Crippen LogP contribution >= 0.6 is 0 Å². The summed E-state index contributed by atoms with van der Waals surface area (Å²) in [6.45, 7) is 3.44. The summed E-state index contributed by atoms with van der Waals surface area (Å²) in [5.74, 6) is 1.24. The first-order valence-electron chi connectivity index (χ1n) is 12.0. The molecule has 1 aliphatic heterocycles. The molecular formula is C25H36N2O5. The van der Waals surface area contributed by atoms with Crippen molar-refractivity contribution < 1.29 is 23.9 Å². The smallest absolute Gasteiger partial charge is 0.302 e. The summed E-state index contributed by atoms with van der Waals surface area (Å²) in [6.07, 6.45) is 9.39. The van der Waals surface area contributed by atoms with Crippen molar-refractivity contribution in [3.8, 4) is 5.75 Å². The molecular weight excluding hydrogens is 408 g/mol. The van der Waals surface area contributed by atoms with E-state index in [9.17, 15) is 14.4 Å². The van der Waals surface area contributed by atoms with Crippen LogP contribution in [0.4, 0.5) is 5.69 Å². The molecule has 1 N–H and O–H groups in total. The third-order valence-electron chi connectivity index (χ3n) is 6.25. The minimum Gasteiger partial charge on any atom is -0.494 e. The Morgan fingerprint density at radius 2 is 1.91 bits per heavy atom. The molecule has 2 aliphatic rings. The van der Waals surface area contributed by atoms with E-state index in [1.54, 1.807) is 0 Å². The molecule has 0 atom stereocenters. The standard InChI is InChI=1S/C25H36N2O5/c1-19(28)31-16-14-27(18-20-7-3-2-4-8-20)25(30)9-5-6-15-32-22-11-12-23-21(17-22)10-13-24(29)26-23/h11-12,17,20H,2-10,13-16,18H2,1H3,(H,26,29). The molecule has 1 aromatic carbocycles. The van der Waals surface area contributed by atoms with E-state index in [1.165, 1.54) is 39.0 Å². The largest absolute Gasteiger partial charge is 0.494 e. The Morgan fingerprint density at radius 1 is 1.09 bits per heavy atom. The number of esters is 1. The molecule has 0 bridgehead atoms. The molecule has 0 unspecified atom stereocenters. The van der Waals surface area contributed by atoms with Crippen LogP contribution in [0.1, 0.15) is 70.3 Å². The number of nitrogens with zero attached hydrogens (tertiary/aromatic N) is 1. The number of fused-ring (bicyclic) bond motifs is 1. The van der Waals surface area contributed by atoms with E-state index in [1.807, 2.05) is 23.1 Å². The van der Waals surface area contributed by atoms with Crippen molar-refractivity contribution in [1.82, 2.24) is 4.90 Å². The first-order valence-corrected chi connectivity index (χ1v) is 12.0. The zero-order valence-corrected chi connectivity index (χ0v) is 19.2. The Balaban J connectivity index is 1.39. The Morgan fingerprint density at radius 3 is 2.69 bits per heavy atom. The molecule has 3 rings (SSSR count). The Bertz CT molecular complexity index is 789. The molecule has 176 valence electrons. The van der Waals surface area contributed by atoms with E-state index in [0.29, 0.717) is 31.9 Å². The number of aryl methyl sites for hydroxylation is 1. The van der Waals surface area contributed by atoms with Crippen molar-refractivity contribution in [3.63, 3.8) is 0 Å². The van der Waals surface area contributed by atoms with Gasteiger partial charge in [-0.15, -0.1) is 0 Å². The summed E-state index contributed by atoms with van der Waals surface area (Å²) >= 11 is 0. The van der Waals surface area contributed by atoms with Gasteiger partial charge in [-0.1, -0.05) is 19.3 Å². The molecule has 7 nitrogen and oxygen atoms in total. The number of hydrogen-bond acceptors (Lipinski definition) is 5. The lowest BCUT2D eigenvalue weighted by Gasteiger charge is -2.30. The molecule has 2 amide bonds. The monoisotopic (exact) mass is 444 g/mol. The van der Waals surface area contributed by atoms with Gasteiger partial charge in [0.15, 0.2) is 0 Å². The quantitative estimate of drug-likeness (QED) is 0.410. The molecule has 0 aromatic heterocycles. The van der Waals surface area contributed by atoms with E-state index >= 15 is 0 Å². The zero-order valence-electron chi connectivity index (χ0n) is 19.2. The summed E-state index contributed by atoms with van der Waals surface area (Å²) in [5, 5.41) is 2.87. The maximum Gasteiger partial charge on any atom is 0.302 e. The molecule has 0 spiro atoms. The van der Waals surface area contributed by atoms with Crippen LogP contribution in [0.5, 0.6) is 5.75 Å². The lowest BCUT2D eigenvalue weighted by atomic mass is 9.89. The predicted octanol–water partition coefficient (Wildman–Crippen LogP) is 4.09. The second-order valence-corrected chi connectivity index (χ2v) is 8.86. The van der Waals surface area contributed by atoms with Gasteiger partial charge in [0, 0.05) is 32.0 Å². The van der Waals surface area contributed by atoms with Gasteiger partial charge in [0.25, 0.3) is 0 Å². The predicted molar refractivity (Wildman–Crippen MR) is 123 cm³/mol. The van der Waals surface area contributed by atoms with Crippen LogP contribution in [-0.2, 0) is 25.5 Å². The molecule has 32 heavy (non-hydrogen) atoms. The van der Waals surface area contributed by atoms with Gasteiger partial charge in [-0.2, -0.15) is 0 Å². The summed E-state index contributed by atoms with van der Waals surface area (Å²) < 4.78 is 10.9. The van der Waals surface area contributed by atoms with Gasteiger partial charge in [-0.25, -0.2) is 0 Å². The molecule has 7 heteroatoms. The number of nitrogens with one attached hydrogen (secondary N) is 1. The number of ether oxygens (including phenoxy) is 2. The maximum atomic E-state index is 12.8. The SMILES string of the molecule is CC(=O)OCCN(CC1CCCCC1)C(=O)CCCCOc1ccc2c(c1)CCC(=O)N2. The topological polar surface area (TPSA) is 84.9 Å². The summed E-state index contributed by atoms with van der Waals surface area (Å²) in [4.78, 5) is 37.3. The molecule has 0 saturated heterocycles. The number of carbonyl (C=O) groups excluding carboxylic acids is 3. The minimum absolute atomic E-state index is 0.0567. The van der Waals surface area contributed by atoms with Gasteiger partial charge >= 0.3 is 5.97 Å². The number of amides is 2. The molecule has 1 fully saturated rings. The first-order chi connectivity index (χ1) is 15.5. The minimum atomic E-state index is -0.309. The second kappa shape index (κ2) is 12.5. The van der Waals surface area contributed by atoms with Crippen molar-refractivity contribution >= 4 is 23.5 Å². The van der Waals surface area contributed by atoms with E-state index in [0.717, 1.165) is 42.8 Å².